The van der Waals surface area contributed by atoms with Crippen molar-refractivity contribution < 1.29 is 17.9 Å². The molecule has 148 valence electrons. The molecule has 3 aromatic rings. The summed E-state index contributed by atoms with van der Waals surface area (Å²) in [6.45, 7) is 6.08. The van der Waals surface area contributed by atoms with Crippen LogP contribution in [-0.2, 0) is 25.9 Å². The monoisotopic (exact) mass is 417 g/mol. The molecular weight excluding hydrogens is 394 g/mol. The van der Waals surface area contributed by atoms with Gasteiger partial charge in [0.15, 0.2) is 9.84 Å². The van der Waals surface area contributed by atoms with Crippen LogP contribution in [0.15, 0.2) is 57.2 Å². The van der Waals surface area contributed by atoms with Crippen LogP contribution >= 0.6 is 11.8 Å². The van der Waals surface area contributed by atoms with Crippen molar-refractivity contribution >= 4 is 38.5 Å². The van der Waals surface area contributed by atoms with E-state index in [2.05, 4.69) is 24.3 Å². The van der Waals surface area contributed by atoms with Crippen molar-refractivity contribution in [1.82, 2.24) is 4.57 Å². The third kappa shape index (κ3) is 4.25. The third-order valence-corrected chi connectivity index (χ3v) is 6.84. The van der Waals surface area contributed by atoms with Gasteiger partial charge in [-0.05, 0) is 45.0 Å². The molecule has 0 N–H and O–H groups in total. The van der Waals surface area contributed by atoms with Crippen molar-refractivity contribution in [3.8, 4) is 0 Å². The summed E-state index contributed by atoms with van der Waals surface area (Å²) in [5.74, 6) is -0.348. The van der Waals surface area contributed by atoms with E-state index in [1.54, 1.807) is 30.8 Å². The summed E-state index contributed by atoms with van der Waals surface area (Å²) in [4.78, 5) is 14.4. The Hall–Kier alpha value is -2.25. The minimum absolute atomic E-state index is 0.0395. The number of rotatable bonds is 6. The van der Waals surface area contributed by atoms with E-state index in [4.69, 9.17) is 4.74 Å². The van der Waals surface area contributed by atoms with E-state index >= 15 is 0 Å². The number of hydrogen-bond acceptors (Lipinski definition) is 5. The highest BCUT2D eigenvalue weighted by Gasteiger charge is 2.19. The summed E-state index contributed by atoms with van der Waals surface area (Å²) in [6.07, 6.45) is 1.18. The molecule has 0 saturated heterocycles. The number of aryl methyl sites for hydroxylation is 1. The molecule has 0 saturated carbocycles. The van der Waals surface area contributed by atoms with Crippen LogP contribution in [0.1, 0.15) is 18.2 Å². The van der Waals surface area contributed by atoms with E-state index < -0.39 is 9.84 Å². The largest absolute Gasteiger partial charge is 0.465 e. The normalized spacial score (nSPS) is 11.7. The maximum atomic E-state index is 12.1. The number of fused-ring (bicyclic) bond motifs is 1. The van der Waals surface area contributed by atoms with E-state index in [1.165, 1.54) is 11.8 Å². The lowest BCUT2D eigenvalue weighted by Crippen LogP contribution is -2.14. The highest BCUT2D eigenvalue weighted by Crippen LogP contribution is 2.39. The summed E-state index contributed by atoms with van der Waals surface area (Å²) in [5.41, 5.74) is 2.80. The third-order valence-electron chi connectivity index (χ3n) is 4.50. The molecule has 7 heteroatoms. The number of carbonyl (C=O) groups excluding carboxylic acids is 1. The van der Waals surface area contributed by atoms with Crippen LogP contribution in [0.4, 0.5) is 0 Å². The molecule has 0 aliphatic rings. The van der Waals surface area contributed by atoms with E-state index in [9.17, 15) is 13.2 Å². The second-order valence-electron chi connectivity index (χ2n) is 6.67. The molecule has 1 heterocycles. The zero-order valence-corrected chi connectivity index (χ0v) is 18.0. The number of nitrogens with zero attached hydrogens (tertiary/aromatic N) is 1. The predicted octanol–water partition coefficient (Wildman–Crippen LogP) is 4.38. The van der Waals surface area contributed by atoms with Crippen molar-refractivity contribution in [2.24, 2.45) is 0 Å². The second kappa shape index (κ2) is 8.01. The number of carbonyl (C=O) groups is 1. The van der Waals surface area contributed by atoms with Crippen LogP contribution in [0.3, 0.4) is 0 Å². The first-order chi connectivity index (χ1) is 13.2. The topological polar surface area (TPSA) is 65.4 Å². The molecule has 0 bridgehead atoms. The molecule has 3 rings (SSSR count). The lowest BCUT2D eigenvalue weighted by Gasteiger charge is -2.08. The number of hydrogen-bond donors (Lipinski definition) is 0. The molecule has 0 fully saturated rings. The number of esters is 1. The van der Waals surface area contributed by atoms with Gasteiger partial charge < -0.3 is 9.30 Å². The Morgan fingerprint density at radius 3 is 2.39 bits per heavy atom. The van der Waals surface area contributed by atoms with Crippen molar-refractivity contribution in [2.75, 3.05) is 12.9 Å². The van der Waals surface area contributed by atoms with Crippen LogP contribution in [0.2, 0.25) is 0 Å². The minimum Gasteiger partial charge on any atom is -0.465 e. The summed E-state index contributed by atoms with van der Waals surface area (Å²) in [7, 11) is -3.35. The molecule has 28 heavy (non-hydrogen) atoms. The smallest absolute Gasteiger partial charge is 0.325 e. The first kappa shape index (κ1) is 20.5. The standard InChI is InChI=1S/C21H23NO4S2/c1-5-26-20(23)13-22-15(3)21(27-16-8-6-14(2)7-9-16)18-11-10-17(12-19(18)22)28(4,24)25/h6-12H,5,13H2,1-4H3. The average Bonchev–Trinajstić information content (AvgIpc) is 2.88. The number of sulfone groups is 1. The van der Waals surface area contributed by atoms with Crippen LogP contribution < -0.4 is 0 Å². The zero-order chi connectivity index (χ0) is 20.5. The van der Waals surface area contributed by atoms with Gasteiger partial charge in [-0.3, -0.25) is 4.79 Å². The Kier molecular flexibility index (Phi) is 5.86. The van der Waals surface area contributed by atoms with Gasteiger partial charge in [-0.1, -0.05) is 35.5 Å². The van der Waals surface area contributed by atoms with Crippen molar-refractivity contribution in [3.05, 3.63) is 53.7 Å². The molecule has 0 spiro atoms. The number of benzene rings is 2. The maximum absolute atomic E-state index is 12.1. The van der Waals surface area contributed by atoms with E-state index in [1.807, 2.05) is 24.5 Å². The van der Waals surface area contributed by atoms with Crippen LogP contribution in [-0.4, -0.2) is 31.8 Å². The van der Waals surface area contributed by atoms with Gasteiger partial charge in [0.25, 0.3) is 0 Å². The second-order valence-corrected chi connectivity index (χ2v) is 9.77. The Morgan fingerprint density at radius 2 is 1.79 bits per heavy atom. The first-order valence-electron chi connectivity index (χ1n) is 8.93. The lowest BCUT2D eigenvalue weighted by atomic mass is 10.2. The molecule has 0 aliphatic heterocycles. The van der Waals surface area contributed by atoms with Gasteiger partial charge in [-0.15, -0.1) is 0 Å². The SMILES string of the molecule is CCOC(=O)Cn1c(C)c(Sc2ccc(C)cc2)c2ccc(S(C)(=O)=O)cc21. The summed E-state index contributed by atoms with van der Waals surface area (Å²) in [6, 6.07) is 13.3. The molecule has 0 aliphatic carbocycles. The van der Waals surface area contributed by atoms with Gasteiger partial charge in [-0.2, -0.15) is 0 Å². The van der Waals surface area contributed by atoms with Crippen molar-refractivity contribution in [2.45, 2.75) is 42.0 Å². The first-order valence-corrected chi connectivity index (χ1v) is 11.6. The van der Waals surface area contributed by atoms with Crippen LogP contribution in [0.5, 0.6) is 0 Å². The molecule has 2 aromatic carbocycles. The maximum Gasteiger partial charge on any atom is 0.325 e. The Bertz CT molecular complexity index is 1130. The summed E-state index contributed by atoms with van der Waals surface area (Å²) in [5, 5.41) is 0.916. The fourth-order valence-electron chi connectivity index (χ4n) is 3.05. The highest BCUT2D eigenvalue weighted by atomic mass is 32.2. The van der Waals surface area contributed by atoms with Gasteiger partial charge >= 0.3 is 5.97 Å². The van der Waals surface area contributed by atoms with Crippen molar-refractivity contribution in [3.63, 3.8) is 0 Å². The van der Waals surface area contributed by atoms with Crippen LogP contribution in [0, 0.1) is 13.8 Å². The van der Waals surface area contributed by atoms with E-state index in [-0.39, 0.29) is 17.4 Å². The van der Waals surface area contributed by atoms with Gasteiger partial charge in [0.05, 0.1) is 17.0 Å². The Labute approximate surface area is 169 Å². The molecular formula is C21H23NO4S2. The molecule has 0 amide bonds. The van der Waals surface area contributed by atoms with E-state index in [0.717, 1.165) is 20.9 Å². The fourth-order valence-corrected chi connectivity index (χ4v) is 4.74. The van der Waals surface area contributed by atoms with Crippen LogP contribution in [0.25, 0.3) is 10.9 Å². The Morgan fingerprint density at radius 1 is 1.11 bits per heavy atom. The highest BCUT2D eigenvalue weighted by molar-refractivity contribution is 7.99. The molecule has 0 atom stereocenters. The Balaban J connectivity index is 2.16. The van der Waals surface area contributed by atoms with Gasteiger partial charge in [0.2, 0.25) is 0 Å². The van der Waals surface area contributed by atoms with Gasteiger partial charge in [0, 0.05) is 27.1 Å². The molecule has 0 radical (unpaired) electrons. The minimum atomic E-state index is -3.35. The average molecular weight is 418 g/mol. The predicted molar refractivity (Wildman–Crippen MR) is 112 cm³/mol. The van der Waals surface area contributed by atoms with Gasteiger partial charge in [0.1, 0.15) is 6.54 Å². The lowest BCUT2D eigenvalue weighted by molar-refractivity contribution is -0.143. The summed E-state index contributed by atoms with van der Waals surface area (Å²) < 4.78 is 31.0. The van der Waals surface area contributed by atoms with E-state index in [0.29, 0.717) is 12.1 Å². The number of aromatic nitrogens is 1. The molecule has 5 nitrogen and oxygen atoms in total. The zero-order valence-electron chi connectivity index (χ0n) is 16.4. The molecule has 1 aromatic heterocycles. The fraction of sp³-hybridized carbons (Fsp3) is 0.286. The van der Waals surface area contributed by atoms with Gasteiger partial charge in [-0.25, -0.2) is 8.42 Å². The quantitative estimate of drug-likeness (QED) is 0.557. The van der Waals surface area contributed by atoms with Crippen molar-refractivity contribution in [1.29, 1.82) is 0 Å². The summed E-state index contributed by atoms with van der Waals surface area (Å²) >= 11 is 1.60. The molecule has 0 unspecified atom stereocenters. The number of ether oxygens (including phenoxy) is 1.